The number of carboxylic acids is 1. The van der Waals surface area contributed by atoms with E-state index < -0.39 is 5.97 Å². The maximum Gasteiger partial charge on any atom is 0.343 e. The van der Waals surface area contributed by atoms with Crippen molar-refractivity contribution in [2.45, 2.75) is 26.0 Å². The molecule has 1 aliphatic heterocycles. The predicted octanol–water partition coefficient (Wildman–Crippen LogP) is 1.15. The number of nitrogens with zero attached hydrogens (tertiary/aromatic N) is 4. The maximum atomic E-state index is 11.5. The van der Waals surface area contributed by atoms with Gasteiger partial charge in [-0.25, -0.2) is 9.48 Å². The highest BCUT2D eigenvalue weighted by Gasteiger charge is 2.30. The van der Waals surface area contributed by atoms with E-state index in [1.807, 2.05) is 6.92 Å². The van der Waals surface area contributed by atoms with Gasteiger partial charge in [-0.3, -0.25) is 4.68 Å². The first-order valence-electron chi connectivity index (χ1n) is 6.06. The topological polar surface area (TPSA) is 82.2 Å². The molecule has 0 aliphatic carbocycles. The first kappa shape index (κ1) is 11.8. The van der Waals surface area contributed by atoms with E-state index in [9.17, 15) is 9.90 Å². The lowest BCUT2D eigenvalue weighted by atomic mass is 10.1. The molecular formula is C12H14N4O3. The van der Waals surface area contributed by atoms with Crippen molar-refractivity contribution in [1.29, 1.82) is 0 Å². The fourth-order valence-electron chi connectivity index (χ4n) is 2.21. The SMILES string of the molecule is C[C@@H]1CCn2nc(-c3cnn(C)c3)c(C(=O)O)c2O1. The summed E-state index contributed by atoms with van der Waals surface area (Å²) >= 11 is 0. The summed E-state index contributed by atoms with van der Waals surface area (Å²) in [6, 6.07) is 0. The molecule has 100 valence electrons. The molecule has 2 aromatic heterocycles. The van der Waals surface area contributed by atoms with Crippen LogP contribution in [0.1, 0.15) is 23.7 Å². The predicted molar refractivity (Wildman–Crippen MR) is 66.1 cm³/mol. The van der Waals surface area contributed by atoms with Crippen LogP contribution in [0.25, 0.3) is 11.3 Å². The normalized spacial score (nSPS) is 17.9. The van der Waals surface area contributed by atoms with Crippen molar-refractivity contribution < 1.29 is 14.6 Å². The van der Waals surface area contributed by atoms with Crippen LogP contribution in [-0.2, 0) is 13.6 Å². The lowest BCUT2D eigenvalue weighted by molar-refractivity contribution is 0.0684. The maximum absolute atomic E-state index is 11.5. The third kappa shape index (κ3) is 1.87. The highest BCUT2D eigenvalue weighted by molar-refractivity contribution is 5.97. The molecule has 0 aromatic carbocycles. The fraction of sp³-hybridized carbons (Fsp3) is 0.417. The molecule has 0 amide bonds. The van der Waals surface area contributed by atoms with Gasteiger partial charge < -0.3 is 9.84 Å². The summed E-state index contributed by atoms with van der Waals surface area (Å²) in [5.74, 6) is -0.695. The van der Waals surface area contributed by atoms with Gasteiger partial charge in [0.05, 0.1) is 12.3 Å². The average molecular weight is 262 g/mol. The van der Waals surface area contributed by atoms with Crippen molar-refractivity contribution in [3.63, 3.8) is 0 Å². The van der Waals surface area contributed by atoms with E-state index in [1.54, 1.807) is 28.8 Å². The molecule has 7 heteroatoms. The Kier molecular flexibility index (Phi) is 2.55. The zero-order valence-electron chi connectivity index (χ0n) is 10.7. The van der Waals surface area contributed by atoms with Crippen LogP contribution >= 0.6 is 0 Å². The van der Waals surface area contributed by atoms with Crippen molar-refractivity contribution in [1.82, 2.24) is 19.6 Å². The van der Waals surface area contributed by atoms with Crippen LogP contribution in [0.15, 0.2) is 12.4 Å². The third-order valence-electron chi connectivity index (χ3n) is 3.16. The Morgan fingerprint density at radius 3 is 3.00 bits per heavy atom. The summed E-state index contributed by atoms with van der Waals surface area (Å²) in [7, 11) is 1.78. The molecule has 3 rings (SSSR count). The molecule has 19 heavy (non-hydrogen) atoms. The van der Waals surface area contributed by atoms with Gasteiger partial charge in [-0.1, -0.05) is 0 Å². The summed E-state index contributed by atoms with van der Waals surface area (Å²) in [6.45, 7) is 2.59. The molecule has 0 spiro atoms. The fourth-order valence-corrected chi connectivity index (χ4v) is 2.21. The number of hydrogen-bond acceptors (Lipinski definition) is 4. The number of ether oxygens (including phenoxy) is 1. The Labute approximate surface area is 109 Å². The van der Waals surface area contributed by atoms with E-state index in [4.69, 9.17) is 4.74 Å². The molecule has 2 aromatic rings. The van der Waals surface area contributed by atoms with Gasteiger partial charge in [0.25, 0.3) is 0 Å². The van der Waals surface area contributed by atoms with Crippen molar-refractivity contribution in [3.8, 4) is 17.1 Å². The smallest absolute Gasteiger partial charge is 0.343 e. The highest BCUT2D eigenvalue weighted by atomic mass is 16.5. The molecule has 1 atom stereocenters. The minimum atomic E-state index is -1.03. The molecule has 1 aliphatic rings. The Morgan fingerprint density at radius 2 is 2.37 bits per heavy atom. The Bertz CT molecular complexity index is 643. The molecule has 0 bridgehead atoms. The molecule has 1 N–H and O–H groups in total. The first-order chi connectivity index (χ1) is 9.06. The van der Waals surface area contributed by atoms with Crippen molar-refractivity contribution >= 4 is 5.97 Å². The van der Waals surface area contributed by atoms with Crippen LogP contribution in [0.4, 0.5) is 0 Å². The van der Waals surface area contributed by atoms with E-state index in [2.05, 4.69) is 10.2 Å². The van der Waals surface area contributed by atoms with Gasteiger partial charge in [0, 0.05) is 31.8 Å². The lowest BCUT2D eigenvalue weighted by Crippen LogP contribution is -2.24. The van der Waals surface area contributed by atoms with Gasteiger partial charge in [-0.2, -0.15) is 10.2 Å². The van der Waals surface area contributed by atoms with Crippen LogP contribution in [0, 0.1) is 0 Å². The molecule has 0 saturated heterocycles. The highest BCUT2D eigenvalue weighted by Crippen LogP contribution is 2.33. The third-order valence-corrected chi connectivity index (χ3v) is 3.16. The Morgan fingerprint density at radius 1 is 1.58 bits per heavy atom. The molecular weight excluding hydrogens is 248 g/mol. The number of aromatic nitrogens is 4. The summed E-state index contributed by atoms with van der Waals surface area (Å²) in [4.78, 5) is 11.5. The van der Waals surface area contributed by atoms with Crippen LogP contribution in [0.3, 0.4) is 0 Å². The van der Waals surface area contributed by atoms with Crippen LogP contribution < -0.4 is 4.74 Å². The summed E-state index contributed by atoms with van der Waals surface area (Å²) in [5, 5.41) is 17.8. The molecule has 7 nitrogen and oxygen atoms in total. The zero-order valence-corrected chi connectivity index (χ0v) is 10.7. The second-order valence-electron chi connectivity index (χ2n) is 4.68. The van der Waals surface area contributed by atoms with Crippen molar-refractivity contribution in [3.05, 3.63) is 18.0 Å². The number of aromatic carboxylic acids is 1. The van der Waals surface area contributed by atoms with Gasteiger partial charge in [-0.15, -0.1) is 0 Å². The van der Waals surface area contributed by atoms with Crippen LogP contribution in [-0.4, -0.2) is 36.7 Å². The molecule has 0 unspecified atom stereocenters. The average Bonchev–Trinajstić information content (AvgIpc) is 2.91. The van der Waals surface area contributed by atoms with Crippen LogP contribution in [0.2, 0.25) is 0 Å². The van der Waals surface area contributed by atoms with Gasteiger partial charge >= 0.3 is 5.97 Å². The monoisotopic (exact) mass is 262 g/mol. The molecule has 0 radical (unpaired) electrons. The molecule has 3 heterocycles. The van der Waals surface area contributed by atoms with E-state index in [0.717, 1.165) is 6.42 Å². The summed E-state index contributed by atoms with van der Waals surface area (Å²) in [6.07, 6.45) is 4.17. The summed E-state index contributed by atoms with van der Waals surface area (Å²) in [5.41, 5.74) is 1.20. The molecule has 0 fully saturated rings. The number of rotatable bonds is 2. The number of aryl methyl sites for hydroxylation is 2. The van der Waals surface area contributed by atoms with E-state index in [0.29, 0.717) is 23.7 Å². The van der Waals surface area contributed by atoms with Gasteiger partial charge in [-0.05, 0) is 6.92 Å². The van der Waals surface area contributed by atoms with E-state index >= 15 is 0 Å². The second-order valence-corrected chi connectivity index (χ2v) is 4.68. The number of carboxylic acid groups (broad SMARTS) is 1. The van der Waals surface area contributed by atoms with Gasteiger partial charge in [0.2, 0.25) is 5.88 Å². The number of carbonyl (C=O) groups is 1. The Hall–Kier alpha value is -2.31. The van der Waals surface area contributed by atoms with Crippen molar-refractivity contribution in [2.24, 2.45) is 7.05 Å². The minimum Gasteiger partial charge on any atom is -0.477 e. The van der Waals surface area contributed by atoms with Crippen molar-refractivity contribution in [2.75, 3.05) is 0 Å². The first-order valence-corrected chi connectivity index (χ1v) is 6.06. The van der Waals surface area contributed by atoms with Crippen LogP contribution in [0.5, 0.6) is 5.88 Å². The van der Waals surface area contributed by atoms with Gasteiger partial charge in [0.1, 0.15) is 11.3 Å². The number of hydrogen-bond donors (Lipinski definition) is 1. The quantitative estimate of drug-likeness (QED) is 0.878. The van der Waals surface area contributed by atoms with E-state index in [-0.39, 0.29) is 11.7 Å². The van der Waals surface area contributed by atoms with E-state index in [1.165, 1.54) is 0 Å². The minimum absolute atomic E-state index is 0.00375. The second kappa shape index (κ2) is 4.11. The zero-order chi connectivity index (χ0) is 13.6. The van der Waals surface area contributed by atoms with Gasteiger partial charge in [0.15, 0.2) is 0 Å². The lowest BCUT2D eigenvalue weighted by Gasteiger charge is -2.21. The molecule has 0 saturated carbocycles. The Balaban J connectivity index is 2.17. The number of fused-ring (bicyclic) bond motifs is 1. The largest absolute Gasteiger partial charge is 0.477 e. The standard InChI is InChI=1S/C12H14N4O3/c1-7-3-4-16-11(19-7)9(12(17)18)10(14-16)8-5-13-15(2)6-8/h5-7H,3-4H2,1-2H3,(H,17,18)/t7-/m1/s1. The summed E-state index contributed by atoms with van der Waals surface area (Å²) < 4.78 is 8.86.